The number of halogens is 1. The van der Waals surface area contributed by atoms with E-state index in [2.05, 4.69) is 15.1 Å². The van der Waals surface area contributed by atoms with Gasteiger partial charge < -0.3 is 4.52 Å². The Balaban J connectivity index is 1.43. The Morgan fingerprint density at radius 2 is 2.00 bits per heavy atom. The van der Waals surface area contributed by atoms with Gasteiger partial charge in [0, 0.05) is 31.9 Å². The fourth-order valence-electron chi connectivity index (χ4n) is 2.77. The van der Waals surface area contributed by atoms with Crippen LogP contribution in [0, 0.1) is 5.82 Å². The average Bonchev–Trinajstić information content (AvgIpc) is 3.02. The number of sulfonamides is 1. The van der Waals surface area contributed by atoms with Gasteiger partial charge in [0.05, 0.1) is 5.92 Å². The van der Waals surface area contributed by atoms with E-state index in [-0.39, 0.29) is 23.9 Å². The highest BCUT2D eigenvalue weighted by Crippen LogP contribution is 2.32. The highest BCUT2D eigenvalue weighted by atomic mass is 32.2. The first-order chi connectivity index (χ1) is 12.5. The van der Waals surface area contributed by atoms with Crippen molar-refractivity contribution in [3.8, 4) is 0 Å². The zero-order valence-electron chi connectivity index (χ0n) is 13.6. The van der Waals surface area contributed by atoms with Crippen molar-refractivity contribution in [3.05, 3.63) is 71.9 Å². The van der Waals surface area contributed by atoms with Gasteiger partial charge in [0.25, 0.3) is 0 Å². The van der Waals surface area contributed by atoms with Gasteiger partial charge in [0.1, 0.15) is 10.7 Å². The third kappa shape index (κ3) is 3.11. The van der Waals surface area contributed by atoms with Gasteiger partial charge >= 0.3 is 0 Å². The minimum Gasteiger partial charge on any atom is -0.339 e. The normalized spacial score (nSPS) is 15.7. The molecule has 1 saturated heterocycles. The molecule has 1 aliphatic rings. The van der Waals surface area contributed by atoms with Crippen LogP contribution in [0.3, 0.4) is 0 Å². The van der Waals surface area contributed by atoms with Crippen LogP contribution >= 0.6 is 0 Å². The van der Waals surface area contributed by atoms with Gasteiger partial charge in [-0.3, -0.25) is 4.98 Å². The summed E-state index contributed by atoms with van der Waals surface area (Å²) in [5, 5.41) is 3.93. The van der Waals surface area contributed by atoms with Crippen LogP contribution in [0.5, 0.6) is 0 Å². The zero-order chi connectivity index (χ0) is 18.1. The van der Waals surface area contributed by atoms with E-state index in [1.807, 2.05) is 12.1 Å². The van der Waals surface area contributed by atoms with E-state index in [0.717, 1.165) is 11.6 Å². The van der Waals surface area contributed by atoms with Gasteiger partial charge in [0.15, 0.2) is 5.82 Å². The van der Waals surface area contributed by atoms with E-state index >= 15 is 0 Å². The lowest BCUT2D eigenvalue weighted by atomic mass is 10.0. The summed E-state index contributed by atoms with van der Waals surface area (Å²) >= 11 is 0. The summed E-state index contributed by atoms with van der Waals surface area (Å²) in [7, 11) is -3.86. The van der Waals surface area contributed by atoms with E-state index in [1.165, 1.54) is 22.5 Å². The van der Waals surface area contributed by atoms with Gasteiger partial charge in [-0.05, 0) is 23.8 Å². The SMILES string of the molecule is O=S(=O)(c1ccccc1F)N1CC(c2nc(Cc3cccnc3)no2)C1. The Kier molecular flexibility index (Phi) is 4.25. The standard InChI is InChI=1S/C17H15FN4O3S/c18-14-5-1-2-6-15(14)26(23,24)22-10-13(11-22)17-20-16(21-25-17)8-12-4-3-7-19-9-12/h1-7,9,13H,8,10-11H2. The maximum atomic E-state index is 13.8. The topological polar surface area (TPSA) is 89.2 Å². The van der Waals surface area contributed by atoms with Gasteiger partial charge in [-0.15, -0.1) is 0 Å². The molecule has 26 heavy (non-hydrogen) atoms. The average molecular weight is 374 g/mol. The minimum atomic E-state index is -3.86. The highest BCUT2D eigenvalue weighted by Gasteiger charge is 2.41. The van der Waals surface area contributed by atoms with Crippen molar-refractivity contribution in [2.24, 2.45) is 0 Å². The predicted octanol–water partition coefficient (Wildman–Crippen LogP) is 1.98. The summed E-state index contributed by atoms with van der Waals surface area (Å²) in [6.07, 6.45) is 3.90. The number of aromatic nitrogens is 3. The molecule has 7 nitrogen and oxygen atoms in total. The largest absolute Gasteiger partial charge is 0.339 e. The van der Waals surface area contributed by atoms with Crippen molar-refractivity contribution < 1.29 is 17.3 Å². The molecule has 3 aromatic rings. The van der Waals surface area contributed by atoms with E-state index in [1.54, 1.807) is 12.4 Å². The van der Waals surface area contributed by atoms with Gasteiger partial charge in [-0.1, -0.05) is 23.4 Å². The highest BCUT2D eigenvalue weighted by molar-refractivity contribution is 7.89. The van der Waals surface area contributed by atoms with Crippen LogP contribution in [0.2, 0.25) is 0 Å². The summed E-state index contributed by atoms with van der Waals surface area (Å²) in [6.45, 7) is 0.371. The molecule has 2 aromatic heterocycles. The molecule has 9 heteroatoms. The van der Waals surface area contributed by atoms with Crippen molar-refractivity contribution in [3.63, 3.8) is 0 Å². The Labute approximate surface area is 149 Å². The van der Waals surface area contributed by atoms with Crippen molar-refractivity contribution in [1.82, 2.24) is 19.4 Å². The Morgan fingerprint density at radius 3 is 2.73 bits per heavy atom. The van der Waals surface area contributed by atoms with Gasteiger partial charge in [0.2, 0.25) is 15.9 Å². The maximum absolute atomic E-state index is 13.8. The first-order valence-electron chi connectivity index (χ1n) is 8.00. The number of hydrogen-bond acceptors (Lipinski definition) is 6. The monoisotopic (exact) mass is 374 g/mol. The molecule has 0 radical (unpaired) electrons. The molecular formula is C17H15FN4O3S. The number of rotatable bonds is 5. The lowest BCUT2D eigenvalue weighted by Gasteiger charge is -2.35. The smallest absolute Gasteiger partial charge is 0.246 e. The molecule has 1 fully saturated rings. The van der Waals surface area contributed by atoms with Crippen molar-refractivity contribution in [2.45, 2.75) is 17.2 Å². The molecule has 0 aliphatic carbocycles. The van der Waals surface area contributed by atoms with Crippen LogP contribution in [0.15, 0.2) is 58.2 Å². The van der Waals surface area contributed by atoms with Crippen LogP contribution in [-0.4, -0.2) is 40.9 Å². The summed E-state index contributed by atoms with van der Waals surface area (Å²) in [6, 6.07) is 9.08. The van der Waals surface area contributed by atoms with Gasteiger partial charge in [-0.2, -0.15) is 9.29 Å². The first kappa shape index (κ1) is 16.8. The Morgan fingerprint density at radius 1 is 1.19 bits per heavy atom. The van der Waals surface area contributed by atoms with Crippen LogP contribution in [0.4, 0.5) is 4.39 Å². The second-order valence-corrected chi connectivity index (χ2v) is 7.94. The third-order valence-corrected chi connectivity index (χ3v) is 6.09. The van der Waals surface area contributed by atoms with Crippen molar-refractivity contribution in [2.75, 3.05) is 13.1 Å². The van der Waals surface area contributed by atoms with Crippen molar-refractivity contribution >= 4 is 10.0 Å². The Hall–Kier alpha value is -2.65. The molecule has 0 bridgehead atoms. The summed E-state index contributed by atoms with van der Waals surface area (Å²) in [5.74, 6) is -0.0357. The lowest BCUT2D eigenvalue weighted by Crippen LogP contribution is -2.48. The van der Waals surface area contributed by atoms with Crippen LogP contribution in [0.25, 0.3) is 0 Å². The first-order valence-corrected chi connectivity index (χ1v) is 9.44. The van der Waals surface area contributed by atoms with E-state index in [0.29, 0.717) is 18.1 Å². The van der Waals surface area contributed by atoms with E-state index in [4.69, 9.17) is 4.52 Å². The van der Waals surface area contributed by atoms with Crippen molar-refractivity contribution in [1.29, 1.82) is 0 Å². The summed E-state index contributed by atoms with van der Waals surface area (Å²) < 4.78 is 45.2. The molecule has 3 heterocycles. The minimum absolute atomic E-state index is 0.186. The zero-order valence-corrected chi connectivity index (χ0v) is 14.4. The number of nitrogens with zero attached hydrogens (tertiary/aromatic N) is 4. The molecule has 0 unspecified atom stereocenters. The van der Waals surface area contributed by atoms with Gasteiger partial charge in [-0.25, -0.2) is 12.8 Å². The summed E-state index contributed by atoms with van der Waals surface area (Å²) in [5.41, 5.74) is 0.956. The molecule has 0 atom stereocenters. The molecule has 0 saturated carbocycles. The number of hydrogen-bond donors (Lipinski definition) is 0. The second kappa shape index (κ2) is 6.58. The molecule has 0 spiro atoms. The fourth-order valence-corrected chi connectivity index (χ4v) is 4.37. The molecule has 0 amide bonds. The van der Waals surface area contributed by atoms with E-state index in [9.17, 15) is 12.8 Å². The quantitative estimate of drug-likeness (QED) is 0.678. The van der Waals surface area contributed by atoms with Crippen LogP contribution in [0.1, 0.15) is 23.2 Å². The van der Waals surface area contributed by atoms with E-state index < -0.39 is 15.8 Å². The molecule has 4 rings (SSSR count). The summed E-state index contributed by atoms with van der Waals surface area (Å²) in [4.78, 5) is 8.05. The van der Waals surface area contributed by atoms with Crippen LogP contribution in [-0.2, 0) is 16.4 Å². The molecule has 134 valence electrons. The molecular weight excluding hydrogens is 359 g/mol. The lowest BCUT2D eigenvalue weighted by molar-refractivity contribution is 0.216. The maximum Gasteiger partial charge on any atom is 0.246 e. The number of pyridine rings is 1. The Bertz CT molecular complexity index is 1020. The molecule has 1 aliphatic heterocycles. The molecule has 0 N–H and O–H groups in total. The second-order valence-electron chi connectivity index (χ2n) is 6.04. The number of benzene rings is 1. The third-order valence-electron chi connectivity index (χ3n) is 4.22. The molecule has 1 aromatic carbocycles. The van der Waals surface area contributed by atoms with Crippen LogP contribution < -0.4 is 0 Å². The predicted molar refractivity (Wildman–Crippen MR) is 89.2 cm³/mol. The fraction of sp³-hybridized carbons (Fsp3) is 0.235.